The van der Waals surface area contributed by atoms with Crippen molar-refractivity contribution in [2.45, 2.75) is 12.5 Å². The van der Waals surface area contributed by atoms with Crippen LogP contribution in [-0.4, -0.2) is 38.7 Å². The second kappa shape index (κ2) is 7.27. The van der Waals surface area contributed by atoms with E-state index in [0.29, 0.717) is 6.54 Å². The second-order valence-electron chi connectivity index (χ2n) is 4.42. The molecule has 0 saturated carbocycles. The van der Waals surface area contributed by atoms with Gasteiger partial charge in [-0.1, -0.05) is 12.1 Å². The number of hydrogen-bond donors (Lipinski definition) is 2. The first kappa shape index (κ1) is 14.0. The van der Waals surface area contributed by atoms with Crippen LogP contribution in [0.3, 0.4) is 0 Å². The molecule has 0 amide bonds. The first-order chi connectivity index (χ1) is 8.13. The maximum atomic E-state index is 5.83. The fraction of sp³-hybridized carbons (Fsp3) is 0.538. The zero-order valence-electron chi connectivity index (χ0n) is 10.7. The number of benzene rings is 1. The summed E-state index contributed by atoms with van der Waals surface area (Å²) in [5.41, 5.74) is 12.4. The van der Waals surface area contributed by atoms with Crippen LogP contribution in [0.5, 0.6) is 5.75 Å². The van der Waals surface area contributed by atoms with Crippen molar-refractivity contribution in [3.05, 3.63) is 29.8 Å². The van der Waals surface area contributed by atoms with E-state index in [1.807, 2.05) is 24.3 Å². The summed E-state index contributed by atoms with van der Waals surface area (Å²) in [7, 11) is 4.12. The van der Waals surface area contributed by atoms with Gasteiger partial charge in [0.05, 0.1) is 6.61 Å². The van der Waals surface area contributed by atoms with Crippen molar-refractivity contribution >= 4 is 0 Å². The topological polar surface area (TPSA) is 64.5 Å². The second-order valence-corrected chi connectivity index (χ2v) is 4.42. The van der Waals surface area contributed by atoms with Gasteiger partial charge in [-0.2, -0.15) is 0 Å². The maximum Gasteiger partial charge on any atom is 0.119 e. The van der Waals surface area contributed by atoms with Crippen molar-refractivity contribution in [3.63, 3.8) is 0 Å². The van der Waals surface area contributed by atoms with Crippen LogP contribution in [0.4, 0.5) is 0 Å². The lowest BCUT2D eigenvalue weighted by Gasteiger charge is -2.12. The van der Waals surface area contributed by atoms with Gasteiger partial charge < -0.3 is 21.1 Å². The minimum atomic E-state index is -0.0854. The Kier molecular flexibility index (Phi) is 5.97. The molecule has 1 atom stereocenters. The van der Waals surface area contributed by atoms with Crippen molar-refractivity contribution in [2.75, 3.05) is 33.8 Å². The van der Waals surface area contributed by atoms with Crippen LogP contribution >= 0.6 is 0 Å². The van der Waals surface area contributed by atoms with E-state index in [1.165, 1.54) is 0 Å². The normalized spacial score (nSPS) is 12.8. The Morgan fingerprint density at radius 1 is 1.24 bits per heavy atom. The minimum absolute atomic E-state index is 0.0854. The third-order valence-electron chi connectivity index (χ3n) is 2.58. The summed E-state index contributed by atoms with van der Waals surface area (Å²) >= 11 is 0. The van der Waals surface area contributed by atoms with Gasteiger partial charge in [0.15, 0.2) is 0 Å². The Morgan fingerprint density at radius 2 is 1.88 bits per heavy atom. The van der Waals surface area contributed by atoms with Crippen molar-refractivity contribution in [1.82, 2.24) is 4.90 Å². The summed E-state index contributed by atoms with van der Waals surface area (Å²) in [4.78, 5) is 2.15. The molecule has 4 heteroatoms. The van der Waals surface area contributed by atoms with E-state index < -0.39 is 0 Å². The average molecular weight is 237 g/mol. The molecule has 1 rings (SSSR count). The molecule has 4 nitrogen and oxygen atoms in total. The molecular weight excluding hydrogens is 214 g/mol. The maximum absolute atomic E-state index is 5.83. The lowest BCUT2D eigenvalue weighted by Crippen LogP contribution is -2.20. The molecule has 0 radical (unpaired) electrons. The molecule has 4 N–H and O–H groups in total. The van der Waals surface area contributed by atoms with Crippen molar-refractivity contribution in [3.8, 4) is 5.75 Å². The molecule has 0 fully saturated rings. The first-order valence-electron chi connectivity index (χ1n) is 5.96. The Labute approximate surface area is 104 Å². The summed E-state index contributed by atoms with van der Waals surface area (Å²) in [5, 5.41) is 0. The molecule has 0 saturated heterocycles. The number of hydrogen-bond acceptors (Lipinski definition) is 4. The predicted molar refractivity (Wildman–Crippen MR) is 71.1 cm³/mol. The summed E-state index contributed by atoms with van der Waals surface area (Å²) in [6.07, 6.45) is 1.02. The van der Waals surface area contributed by atoms with Crippen molar-refractivity contribution in [2.24, 2.45) is 11.5 Å². The van der Waals surface area contributed by atoms with E-state index in [-0.39, 0.29) is 6.04 Å². The van der Waals surface area contributed by atoms with Gasteiger partial charge in [-0.3, -0.25) is 0 Å². The minimum Gasteiger partial charge on any atom is -0.494 e. The molecule has 0 bridgehead atoms. The number of ether oxygens (including phenoxy) is 1. The van der Waals surface area contributed by atoms with Crippen LogP contribution in [0.15, 0.2) is 24.3 Å². The number of nitrogens with two attached hydrogens (primary N) is 2. The zero-order chi connectivity index (χ0) is 12.7. The largest absolute Gasteiger partial charge is 0.494 e. The molecule has 0 unspecified atom stereocenters. The van der Waals surface area contributed by atoms with Gasteiger partial charge >= 0.3 is 0 Å². The lowest BCUT2D eigenvalue weighted by atomic mass is 10.1. The predicted octanol–water partition coefficient (Wildman–Crippen LogP) is 0.976. The van der Waals surface area contributed by atoms with Gasteiger partial charge in [0.2, 0.25) is 0 Å². The van der Waals surface area contributed by atoms with Gasteiger partial charge in [-0.25, -0.2) is 0 Å². The molecule has 0 heterocycles. The molecule has 1 aromatic carbocycles. The van der Waals surface area contributed by atoms with E-state index in [2.05, 4.69) is 19.0 Å². The highest BCUT2D eigenvalue weighted by molar-refractivity contribution is 5.29. The van der Waals surface area contributed by atoms with E-state index in [4.69, 9.17) is 16.2 Å². The van der Waals surface area contributed by atoms with Crippen LogP contribution < -0.4 is 16.2 Å². The Morgan fingerprint density at radius 3 is 2.41 bits per heavy atom. The summed E-state index contributed by atoms with van der Waals surface area (Å²) in [6, 6.07) is 7.75. The van der Waals surface area contributed by atoms with E-state index in [0.717, 1.165) is 30.9 Å². The fourth-order valence-corrected chi connectivity index (χ4v) is 1.52. The SMILES string of the molecule is CN(C)CCCOc1ccc([C@H](N)CN)cc1. The summed E-state index contributed by atoms with van der Waals surface area (Å²) < 4.78 is 5.63. The smallest absolute Gasteiger partial charge is 0.119 e. The molecule has 17 heavy (non-hydrogen) atoms. The monoisotopic (exact) mass is 237 g/mol. The number of rotatable bonds is 7. The highest BCUT2D eigenvalue weighted by Gasteiger charge is 2.03. The quantitative estimate of drug-likeness (QED) is 0.694. The molecule has 0 aliphatic carbocycles. The van der Waals surface area contributed by atoms with Gasteiger partial charge in [-0.15, -0.1) is 0 Å². The Hall–Kier alpha value is -1.10. The van der Waals surface area contributed by atoms with Gasteiger partial charge in [0.1, 0.15) is 5.75 Å². The standard InChI is InChI=1S/C13H23N3O/c1-16(2)8-3-9-17-12-6-4-11(5-7-12)13(15)10-14/h4-7,13H,3,8-10,14-15H2,1-2H3/t13-/m1/s1. The zero-order valence-corrected chi connectivity index (χ0v) is 10.7. The molecule has 96 valence electrons. The molecule has 0 aromatic heterocycles. The van der Waals surface area contributed by atoms with Crippen LogP contribution in [0.1, 0.15) is 18.0 Å². The van der Waals surface area contributed by atoms with Crippen molar-refractivity contribution in [1.29, 1.82) is 0 Å². The highest BCUT2D eigenvalue weighted by Crippen LogP contribution is 2.15. The van der Waals surface area contributed by atoms with Crippen LogP contribution in [0, 0.1) is 0 Å². The van der Waals surface area contributed by atoms with Gasteiger partial charge in [-0.05, 0) is 38.2 Å². The lowest BCUT2D eigenvalue weighted by molar-refractivity contribution is 0.281. The fourth-order valence-electron chi connectivity index (χ4n) is 1.52. The Bertz CT molecular complexity index is 311. The molecular formula is C13H23N3O. The number of nitrogens with zero attached hydrogens (tertiary/aromatic N) is 1. The van der Waals surface area contributed by atoms with Crippen molar-refractivity contribution < 1.29 is 4.74 Å². The van der Waals surface area contributed by atoms with Crippen LogP contribution in [0.2, 0.25) is 0 Å². The molecule has 0 aliphatic heterocycles. The molecule has 0 aliphatic rings. The first-order valence-corrected chi connectivity index (χ1v) is 5.96. The van der Waals surface area contributed by atoms with Gasteiger partial charge in [0, 0.05) is 19.1 Å². The summed E-state index contributed by atoms with van der Waals surface area (Å²) in [6.45, 7) is 2.24. The summed E-state index contributed by atoms with van der Waals surface area (Å²) in [5.74, 6) is 0.886. The molecule has 1 aromatic rings. The van der Waals surface area contributed by atoms with E-state index >= 15 is 0 Å². The highest BCUT2D eigenvalue weighted by atomic mass is 16.5. The van der Waals surface area contributed by atoms with Crippen LogP contribution in [-0.2, 0) is 0 Å². The third kappa shape index (κ3) is 5.17. The van der Waals surface area contributed by atoms with E-state index in [9.17, 15) is 0 Å². The third-order valence-corrected chi connectivity index (χ3v) is 2.58. The molecule has 0 spiro atoms. The van der Waals surface area contributed by atoms with E-state index in [1.54, 1.807) is 0 Å². The average Bonchev–Trinajstić information content (AvgIpc) is 2.34. The van der Waals surface area contributed by atoms with Gasteiger partial charge in [0.25, 0.3) is 0 Å². The van der Waals surface area contributed by atoms with Crippen LogP contribution in [0.25, 0.3) is 0 Å². The Balaban J connectivity index is 2.35.